The Bertz CT molecular complexity index is 635. The molecule has 0 radical (unpaired) electrons. The molecule has 1 amide bonds. The number of carbonyl (C=O) groups excluding carboxylic acids is 1. The molecule has 4 rings (SSSR count). The van der Waals surface area contributed by atoms with E-state index in [9.17, 15) is 4.79 Å². The van der Waals surface area contributed by atoms with E-state index in [1.165, 1.54) is 38.6 Å². The van der Waals surface area contributed by atoms with Crippen molar-refractivity contribution in [1.29, 1.82) is 0 Å². The minimum Gasteiger partial charge on any atom is -0.489 e. The van der Waals surface area contributed by atoms with Crippen molar-refractivity contribution >= 4 is 11.6 Å². The molecule has 0 aromatic heterocycles. The van der Waals surface area contributed by atoms with Gasteiger partial charge in [0.1, 0.15) is 11.9 Å². The van der Waals surface area contributed by atoms with Crippen molar-refractivity contribution in [2.24, 2.45) is 5.10 Å². The lowest BCUT2D eigenvalue weighted by Gasteiger charge is -2.30. The van der Waals surface area contributed by atoms with Crippen LogP contribution < -0.4 is 10.2 Å². The number of hydrogen-bond acceptors (Lipinski definition) is 4. The zero-order chi connectivity index (χ0) is 17.1. The summed E-state index contributed by atoms with van der Waals surface area (Å²) in [6, 6.07) is 8.91. The molecule has 1 atom stereocenters. The third-order valence-electron chi connectivity index (χ3n) is 5.66. The van der Waals surface area contributed by atoms with Crippen LogP contribution in [0.25, 0.3) is 0 Å². The van der Waals surface area contributed by atoms with Gasteiger partial charge in [0.2, 0.25) is 5.91 Å². The van der Waals surface area contributed by atoms with E-state index in [1.54, 1.807) is 0 Å². The SMILES string of the molecule is O=C1CCC(c2ccc(O[C@@H]3CCN(C4CCCCC4)C3)cc2)=NN1. The van der Waals surface area contributed by atoms with Crippen LogP contribution in [0.1, 0.15) is 56.9 Å². The highest BCUT2D eigenvalue weighted by atomic mass is 16.5. The van der Waals surface area contributed by atoms with Crippen LogP contribution in [0.4, 0.5) is 0 Å². The molecule has 134 valence electrons. The number of nitrogens with zero attached hydrogens (tertiary/aromatic N) is 2. The molecule has 1 saturated carbocycles. The fourth-order valence-corrected chi connectivity index (χ4v) is 4.23. The summed E-state index contributed by atoms with van der Waals surface area (Å²) in [6.07, 6.45) is 9.54. The maximum absolute atomic E-state index is 11.2. The van der Waals surface area contributed by atoms with Gasteiger partial charge in [0.15, 0.2) is 0 Å². The molecule has 0 spiro atoms. The number of amides is 1. The average Bonchev–Trinajstić information content (AvgIpc) is 3.12. The molecule has 1 aliphatic carbocycles. The Kier molecular flexibility index (Phi) is 5.02. The molecule has 2 aliphatic heterocycles. The molecule has 2 heterocycles. The van der Waals surface area contributed by atoms with Crippen LogP contribution in [0.15, 0.2) is 29.4 Å². The second-order valence-corrected chi connectivity index (χ2v) is 7.43. The number of hydrogen-bond donors (Lipinski definition) is 1. The van der Waals surface area contributed by atoms with Crippen LogP contribution in [-0.2, 0) is 4.79 Å². The summed E-state index contributed by atoms with van der Waals surface area (Å²) in [5.74, 6) is 0.923. The summed E-state index contributed by atoms with van der Waals surface area (Å²) in [4.78, 5) is 13.8. The van der Waals surface area contributed by atoms with E-state index in [1.807, 2.05) is 24.3 Å². The number of carbonyl (C=O) groups is 1. The average molecular weight is 341 g/mol. The zero-order valence-corrected chi connectivity index (χ0v) is 14.7. The van der Waals surface area contributed by atoms with E-state index in [0.717, 1.165) is 36.0 Å². The number of likely N-dealkylation sites (tertiary alicyclic amines) is 1. The summed E-state index contributed by atoms with van der Waals surface area (Å²) in [5, 5.41) is 4.14. The number of hydrazone groups is 1. The first-order valence-corrected chi connectivity index (χ1v) is 9.64. The van der Waals surface area contributed by atoms with Crippen LogP contribution in [0.2, 0.25) is 0 Å². The third kappa shape index (κ3) is 4.03. The fourth-order valence-electron chi connectivity index (χ4n) is 4.23. The smallest absolute Gasteiger partial charge is 0.240 e. The Balaban J connectivity index is 1.32. The molecule has 5 nitrogen and oxygen atoms in total. The first kappa shape index (κ1) is 16.6. The number of nitrogens with one attached hydrogen (secondary N) is 1. The number of rotatable bonds is 4. The highest BCUT2D eigenvalue weighted by Gasteiger charge is 2.30. The summed E-state index contributed by atoms with van der Waals surface area (Å²) < 4.78 is 6.20. The van der Waals surface area contributed by atoms with Crippen molar-refractivity contribution in [3.63, 3.8) is 0 Å². The van der Waals surface area contributed by atoms with Crippen molar-refractivity contribution in [2.75, 3.05) is 13.1 Å². The minimum atomic E-state index is -0.00698. The largest absolute Gasteiger partial charge is 0.489 e. The molecular weight excluding hydrogens is 314 g/mol. The van der Waals surface area contributed by atoms with Crippen LogP contribution in [-0.4, -0.2) is 41.8 Å². The van der Waals surface area contributed by atoms with Gasteiger partial charge in [0.05, 0.1) is 5.71 Å². The van der Waals surface area contributed by atoms with E-state index in [0.29, 0.717) is 18.9 Å². The Hall–Kier alpha value is -1.88. The highest BCUT2D eigenvalue weighted by Crippen LogP contribution is 2.27. The fraction of sp³-hybridized carbons (Fsp3) is 0.600. The van der Waals surface area contributed by atoms with E-state index in [-0.39, 0.29) is 5.91 Å². The maximum Gasteiger partial charge on any atom is 0.240 e. The highest BCUT2D eigenvalue weighted by molar-refractivity contribution is 6.04. The first-order valence-electron chi connectivity index (χ1n) is 9.64. The summed E-state index contributed by atoms with van der Waals surface area (Å²) in [6.45, 7) is 2.23. The van der Waals surface area contributed by atoms with Crippen molar-refractivity contribution in [1.82, 2.24) is 10.3 Å². The minimum absolute atomic E-state index is 0.00698. The van der Waals surface area contributed by atoms with Crippen molar-refractivity contribution < 1.29 is 9.53 Å². The number of ether oxygens (including phenoxy) is 1. The Morgan fingerprint density at radius 3 is 2.56 bits per heavy atom. The zero-order valence-electron chi connectivity index (χ0n) is 14.7. The molecular formula is C20H27N3O2. The molecule has 2 fully saturated rings. The lowest BCUT2D eigenvalue weighted by Crippen LogP contribution is -2.36. The standard InChI is InChI=1S/C20H27N3O2/c24-20-11-10-19(21-22-20)15-6-8-17(9-7-15)25-18-12-13-23(14-18)16-4-2-1-3-5-16/h6-9,16,18H,1-5,10-14H2,(H,22,24)/t18-/m1/s1. The van der Waals surface area contributed by atoms with E-state index in [4.69, 9.17) is 4.74 Å². The summed E-state index contributed by atoms with van der Waals surface area (Å²) in [7, 11) is 0. The van der Waals surface area contributed by atoms with Crippen molar-refractivity contribution in [3.05, 3.63) is 29.8 Å². The van der Waals surface area contributed by atoms with Gasteiger partial charge < -0.3 is 4.74 Å². The monoisotopic (exact) mass is 341 g/mol. The summed E-state index contributed by atoms with van der Waals surface area (Å²) >= 11 is 0. The molecule has 1 aromatic carbocycles. The Morgan fingerprint density at radius 1 is 1.04 bits per heavy atom. The second-order valence-electron chi connectivity index (χ2n) is 7.43. The van der Waals surface area contributed by atoms with Gasteiger partial charge >= 0.3 is 0 Å². The van der Waals surface area contributed by atoms with Gasteiger partial charge in [-0.3, -0.25) is 9.69 Å². The molecule has 1 N–H and O–H groups in total. The summed E-state index contributed by atoms with van der Waals surface area (Å²) in [5.41, 5.74) is 4.55. The van der Waals surface area contributed by atoms with E-state index < -0.39 is 0 Å². The van der Waals surface area contributed by atoms with Crippen LogP contribution >= 0.6 is 0 Å². The maximum atomic E-state index is 11.2. The lowest BCUT2D eigenvalue weighted by atomic mass is 9.94. The van der Waals surface area contributed by atoms with Gasteiger partial charge in [0, 0.05) is 32.0 Å². The van der Waals surface area contributed by atoms with Gasteiger partial charge in [0.25, 0.3) is 0 Å². The first-order chi connectivity index (χ1) is 12.3. The van der Waals surface area contributed by atoms with E-state index >= 15 is 0 Å². The van der Waals surface area contributed by atoms with Gasteiger partial charge in [-0.25, -0.2) is 5.43 Å². The third-order valence-corrected chi connectivity index (χ3v) is 5.66. The molecule has 5 heteroatoms. The van der Waals surface area contributed by atoms with Gasteiger partial charge in [-0.05, 0) is 49.1 Å². The predicted molar refractivity (Wildman–Crippen MR) is 97.8 cm³/mol. The van der Waals surface area contributed by atoms with Gasteiger partial charge in [-0.1, -0.05) is 19.3 Å². The van der Waals surface area contributed by atoms with Gasteiger partial charge in [-0.2, -0.15) is 5.10 Å². The van der Waals surface area contributed by atoms with E-state index in [2.05, 4.69) is 15.4 Å². The van der Waals surface area contributed by atoms with Crippen LogP contribution in [0, 0.1) is 0 Å². The van der Waals surface area contributed by atoms with Crippen LogP contribution in [0.3, 0.4) is 0 Å². The molecule has 0 unspecified atom stereocenters. The predicted octanol–water partition coefficient (Wildman–Crippen LogP) is 3.09. The molecule has 0 bridgehead atoms. The Morgan fingerprint density at radius 2 is 1.84 bits per heavy atom. The van der Waals surface area contributed by atoms with Crippen molar-refractivity contribution in [3.8, 4) is 5.75 Å². The second kappa shape index (κ2) is 7.56. The van der Waals surface area contributed by atoms with Crippen LogP contribution in [0.5, 0.6) is 5.75 Å². The molecule has 1 aromatic rings. The van der Waals surface area contributed by atoms with Crippen molar-refractivity contribution in [2.45, 2.75) is 63.5 Å². The number of benzene rings is 1. The normalized spacial score (nSPS) is 25.5. The quantitative estimate of drug-likeness (QED) is 0.916. The lowest BCUT2D eigenvalue weighted by molar-refractivity contribution is -0.121. The molecule has 1 saturated heterocycles. The molecule has 25 heavy (non-hydrogen) atoms. The van der Waals surface area contributed by atoms with Gasteiger partial charge in [-0.15, -0.1) is 0 Å². The molecule has 3 aliphatic rings. The topological polar surface area (TPSA) is 53.9 Å². The Labute approximate surface area is 149 Å².